The third kappa shape index (κ3) is 8.89. The summed E-state index contributed by atoms with van der Waals surface area (Å²) in [6.07, 6.45) is 6.37. The maximum Gasteiger partial charge on any atom is 0.409 e. The number of benzene rings is 2. The molecule has 6 aliphatic rings. The summed E-state index contributed by atoms with van der Waals surface area (Å²) >= 11 is 0. The van der Waals surface area contributed by atoms with Gasteiger partial charge in [0.2, 0.25) is 5.91 Å². The van der Waals surface area contributed by atoms with Crippen LogP contribution in [-0.2, 0) is 51.4 Å². The van der Waals surface area contributed by atoms with Gasteiger partial charge in [0.25, 0.3) is 0 Å². The molecule has 10 rings (SSSR count). The second kappa shape index (κ2) is 19.9. The lowest BCUT2D eigenvalue weighted by Crippen LogP contribution is -2.39. The summed E-state index contributed by atoms with van der Waals surface area (Å²) in [5, 5.41) is 10.4. The highest BCUT2D eigenvalue weighted by Gasteiger charge is 2.36. The summed E-state index contributed by atoms with van der Waals surface area (Å²) < 4.78 is 20.8. The maximum absolute atomic E-state index is 12.3. The number of hydrogen-bond donors (Lipinski definition) is 0. The van der Waals surface area contributed by atoms with Gasteiger partial charge in [0.15, 0.2) is 11.6 Å². The van der Waals surface area contributed by atoms with Crippen molar-refractivity contribution in [1.82, 2.24) is 29.4 Å². The van der Waals surface area contributed by atoms with Crippen LogP contribution in [0.2, 0.25) is 0 Å². The van der Waals surface area contributed by atoms with Gasteiger partial charge < -0.3 is 43.6 Å². The van der Waals surface area contributed by atoms with Crippen LogP contribution in [0.1, 0.15) is 99.1 Å². The van der Waals surface area contributed by atoms with E-state index in [1.165, 1.54) is 57.9 Å². The third-order valence-electron chi connectivity index (χ3n) is 13.9. The summed E-state index contributed by atoms with van der Waals surface area (Å²) in [6, 6.07) is 14.1. The molecule has 2 saturated heterocycles. The smallest absolute Gasteiger partial charge is 0.409 e. The molecule has 2 aromatic heterocycles. The lowest BCUT2D eigenvalue weighted by molar-refractivity contribution is -0.129. The van der Waals surface area contributed by atoms with Crippen LogP contribution in [0.5, 0.6) is 0 Å². The van der Waals surface area contributed by atoms with Crippen molar-refractivity contribution in [2.75, 3.05) is 107 Å². The van der Waals surface area contributed by atoms with Crippen LogP contribution in [0.15, 0.2) is 36.4 Å². The molecule has 8 heterocycles. The second-order valence-electron chi connectivity index (χ2n) is 17.7. The molecule has 0 radical (unpaired) electrons. The highest BCUT2D eigenvalue weighted by Crippen LogP contribution is 2.43. The highest BCUT2D eigenvalue weighted by molar-refractivity contribution is 5.82. The number of amides is 2. The van der Waals surface area contributed by atoms with E-state index in [9.17, 15) is 9.59 Å². The van der Waals surface area contributed by atoms with E-state index in [1.807, 2.05) is 18.7 Å². The zero-order chi connectivity index (χ0) is 45.1. The number of methoxy groups -OCH3 is 1. The number of carbonyl (C=O) groups is 2. The Hall–Kier alpha value is -5.28. The SMILES string of the molecule is CC.CC(=O)N1CCc2c(c(N3CCN(C)c4cc(C)ccc43)nn2C2CCOCC2)C1.CCc1ccc2c(c1)N(C)CCN2c1nn(C2CCOCC2)c2c1CN(C(=O)OC)CC2. The topological polar surface area (TPSA) is 117 Å². The fourth-order valence-electron chi connectivity index (χ4n) is 10.2. The molecule has 6 aliphatic heterocycles. The molecule has 4 aromatic rings. The number of likely N-dealkylation sites (N-methyl/N-ethyl adjacent to an activating group) is 2. The number of anilines is 6. The molecule has 64 heavy (non-hydrogen) atoms. The van der Waals surface area contributed by atoms with Gasteiger partial charge in [-0.25, -0.2) is 4.79 Å². The molecule has 0 aliphatic carbocycles. The Morgan fingerprint density at radius 1 is 0.672 bits per heavy atom. The van der Waals surface area contributed by atoms with Crippen molar-refractivity contribution >= 4 is 46.4 Å². The lowest BCUT2D eigenvalue weighted by Gasteiger charge is -2.37. The van der Waals surface area contributed by atoms with Crippen molar-refractivity contribution in [3.8, 4) is 0 Å². The van der Waals surface area contributed by atoms with Gasteiger partial charge in [-0.3, -0.25) is 14.2 Å². The van der Waals surface area contributed by atoms with Crippen LogP contribution in [-0.4, -0.2) is 128 Å². The van der Waals surface area contributed by atoms with E-state index >= 15 is 0 Å². The zero-order valence-corrected chi connectivity index (χ0v) is 39.6. The summed E-state index contributed by atoms with van der Waals surface area (Å²) in [5.74, 6) is 2.15. The van der Waals surface area contributed by atoms with Gasteiger partial charge in [0.05, 0.1) is 55.0 Å². The van der Waals surface area contributed by atoms with Gasteiger partial charge in [-0.1, -0.05) is 32.9 Å². The van der Waals surface area contributed by atoms with Gasteiger partial charge in [-0.05, 0) is 74.4 Å². The van der Waals surface area contributed by atoms with E-state index in [2.05, 4.69) is 93.3 Å². The van der Waals surface area contributed by atoms with Gasteiger partial charge in [0, 0.05) is 122 Å². The Morgan fingerprint density at radius 3 is 1.66 bits per heavy atom. The molecule has 0 saturated carbocycles. The maximum atomic E-state index is 12.3. The summed E-state index contributed by atoms with van der Waals surface area (Å²) in [5.41, 5.74) is 12.4. The number of ether oxygens (including phenoxy) is 3. The first-order chi connectivity index (χ1) is 31.1. The molecule has 15 nitrogen and oxygen atoms in total. The van der Waals surface area contributed by atoms with Crippen molar-refractivity contribution in [3.63, 3.8) is 0 Å². The average molecular weight is 879 g/mol. The number of nitrogens with zero attached hydrogens (tertiary/aromatic N) is 10. The summed E-state index contributed by atoms with van der Waals surface area (Å²) in [4.78, 5) is 37.6. The van der Waals surface area contributed by atoms with Crippen LogP contribution in [0.4, 0.5) is 39.2 Å². The van der Waals surface area contributed by atoms with Gasteiger partial charge in [-0.2, -0.15) is 10.2 Å². The number of rotatable bonds is 5. The minimum Gasteiger partial charge on any atom is -0.453 e. The largest absolute Gasteiger partial charge is 0.453 e. The average Bonchev–Trinajstić information content (AvgIpc) is 3.91. The molecule has 2 aromatic carbocycles. The zero-order valence-electron chi connectivity index (χ0n) is 39.6. The quantitative estimate of drug-likeness (QED) is 0.198. The molecule has 0 N–H and O–H groups in total. The van der Waals surface area contributed by atoms with Crippen LogP contribution in [0.25, 0.3) is 0 Å². The Bertz CT molecular complexity index is 2280. The Kier molecular flexibility index (Phi) is 14.0. The number of carbonyl (C=O) groups excluding carboxylic acids is 2. The lowest BCUT2D eigenvalue weighted by atomic mass is 10.0. The van der Waals surface area contributed by atoms with Crippen molar-refractivity contribution in [2.24, 2.45) is 0 Å². The van der Waals surface area contributed by atoms with E-state index in [0.29, 0.717) is 31.7 Å². The molecular weight excluding hydrogens is 809 g/mol. The Labute approximate surface area is 379 Å². The third-order valence-corrected chi connectivity index (χ3v) is 13.9. The van der Waals surface area contributed by atoms with Crippen LogP contribution in [0, 0.1) is 6.92 Å². The van der Waals surface area contributed by atoms with Crippen molar-refractivity contribution < 1.29 is 23.8 Å². The molecule has 2 amide bonds. The number of aryl methyl sites for hydroxylation is 2. The summed E-state index contributed by atoms with van der Waals surface area (Å²) in [7, 11) is 5.76. The van der Waals surface area contributed by atoms with Crippen LogP contribution >= 0.6 is 0 Å². The van der Waals surface area contributed by atoms with E-state index < -0.39 is 0 Å². The van der Waals surface area contributed by atoms with E-state index in [4.69, 9.17) is 24.4 Å². The van der Waals surface area contributed by atoms with Crippen LogP contribution < -0.4 is 19.6 Å². The first kappa shape index (κ1) is 45.3. The van der Waals surface area contributed by atoms with Crippen molar-refractivity contribution in [1.29, 1.82) is 0 Å². The van der Waals surface area contributed by atoms with Gasteiger partial charge in [0.1, 0.15) is 0 Å². The normalized spacial score (nSPS) is 18.8. The molecule has 0 spiro atoms. The minimum absolute atomic E-state index is 0.139. The standard InChI is InChI=1S/C24H33N5O3.C23H31N5O2.C2H6/c1-4-17-5-6-21-22(15-17)26(2)11-12-28(21)23-19-16-27(24(30)31-3)10-7-20(19)29(25-23)18-8-13-32-14-9-18;1-16-4-5-21-22(14-16)25(3)10-11-27(21)23-19-15-26(17(2)29)9-6-20(19)28(24-23)18-7-12-30-13-8-18;1-2/h5-6,15,18H,4,7-14,16H2,1-3H3;4-5,14,18H,6-13,15H2,1-3H3;1-2H3. The predicted molar refractivity (Wildman–Crippen MR) is 253 cm³/mol. The number of aromatic nitrogens is 4. The highest BCUT2D eigenvalue weighted by atomic mass is 16.5. The second-order valence-corrected chi connectivity index (χ2v) is 17.7. The van der Waals surface area contributed by atoms with E-state index in [1.54, 1.807) is 11.8 Å². The molecule has 2 fully saturated rings. The molecule has 15 heteroatoms. The molecule has 346 valence electrons. The van der Waals surface area contributed by atoms with Gasteiger partial charge in [-0.15, -0.1) is 0 Å². The number of hydrogen-bond acceptors (Lipinski definition) is 11. The van der Waals surface area contributed by atoms with Gasteiger partial charge >= 0.3 is 6.09 Å². The molecular formula is C49H70N10O5. The fraction of sp³-hybridized carbons (Fsp3) is 0.592. The first-order valence-corrected chi connectivity index (χ1v) is 23.8. The minimum atomic E-state index is -0.271. The Morgan fingerprint density at radius 2 is 1.16 bits per heavy atom. The molecule has 0 atom stereocenters. The Balaban J connectivity index is 0.000000169. The summed E-state index contributed by atoms with van der Waals surface area (Å²) in [6.45, 7) is 19.4. The van der Waals surface area contributed by atoms with Crippen molar-refractivity contribution in [2.45, 2.75) is 105 Å². The first-order valence-electron chi connectivity index (χ1n) is 23.8. The molecule has 0 bridgehead atoms. The predicted octanol–water partition coefficient (Wildman–Crippen LogP) is 7.57. The van der Waals surface area contributed by atoms with Crippen molar-refractivity contribution in [3.05, 3.63) is 70.0 Å². The number of fused-ring (bicyclic) bond motifs is 4. The van der Waals surface area contributed by atoms with E-state index in [0.717, 1.165) is 121 Å². The van der Waals surface area contributed by atoms with E-state index in [-0.39, 0.29) is 12.0 Å². The fourth-order valence-corrected chi connectivity index (χ4v) is 10.2. The molecule has 0 unspecified atom stereocenters. The van der Waals surface area contributed by atoms with Crippen LogP contribution in [0.3, 0.4) is 0 Å². The monoisotopic (exact) mass is 879 g/mol.